The smallest absolute Gasteiger partial charge is 0.0593 e. The minimum absolute atomic E-state index is 0.253. The van der Waals surface area contributed by atoms with Crippen LogP contribution in [0.25, 0.3) is 0 Å². The van der Waals surface area contributed by atoms with E-state index in [1.165, 1.54) is 5.56 Å². The zero-order valence-corrected chi connectivity index (χ0v) is 12.1. The molecule has 0 heterocycles. The Balaban J connectivity index is 2.60. The molecule has 96 valence electrons. The van der Waals surface area contributed by atoms with Crippen LogP contribution in [0, 0.1) is 0 Å². The van der Waals surface area contributed by atoms with E-state index in [0.29, 0.717) is 6.54 Å². The minimum atomic E-state index is 0.253. The van der Waals surface area contributed by atoms with Crippen LogP contribution >= 0.6 is 15.9 Å². The van der Waals surface area contributed by atoms with Crippen LogP contribution in [0.4, 0.5) is 0 Å². The highest BCUT2D eigenvalue weighted by Crippen LogP contribution is 2.20. The number of benzene rings is 1. The summed E-state index contributed by atoms with van der Waals surface area (Å²) in [4.78, 5) is 2.24. The van der Waals surface area contributed by atoms with E-state index in [0.717, 1.165) is 24.2 Å². The lowest BCUT2D eigenvalue weighted by molar-refractivity contribution is 0.108. The molecule has 0 amide bonds. The lowest BCUT2D eigenvalue weighted by Crippen LogP contribution is -2.33. The number of rotatable bonds is 7. The SMILES string of the molecule is CCOCCN(C)C(CN)c1ccc(Br)cc1. The van der Waals surface area contributed by atoms with Crippen LogP contribution in [0.2, 0.25) is 0 Å². The Morgan fingerprint density at radius 1 is 1.35 bits per heavy atom. The molecule has 3 nitrogen and oxygen atoms in total. The predicted octanol–water partition coefficient (Wildman–Crippen LogP) is 2.42. The average Bonchev–Trinajstić information content (AvgIpc) is 2.33. The van der Waals surface area contributed by atoms with Gasteiger partial charge in [0, 0.05) is 30.2 Å². The molecular weight excluding hydrogens is 280 g/mol. The van der Waals surface area contributed by atoms with Crippen LogP contribution in [0.3, 0.4) is 0 Å². The summed E-state index contributed by atoms with van der Waals surface area (Å²) in [6, 6.07) is 8.57. The van der Waals surface area contributed by atoms with E-state index >= 15 is 0 Å². The summed E-state index contributed by atoms with van der Waals surface area (Å²) < 4.78 is 6.46. The first-order chi connectivity index (χ1) is 8.19. The van der Waals surface area contributed by atoms with Crippen LogP contribution in [0.15, 0.2) is 28.7 Å². The average molecular weight is 301 g/mol. The van der Waals surface area contributed by atoms with Crippen LogP contribution in [0.5, 0.6) is 0 Å². The number of halogens is 1. The maximum Gasteiger partial charge on any atom is 0.0593 e. The summed E-state index contributed by atoms with van der Waals surface area (Å²) in [7, 11) is 2.08. The van der Waals surface area contributed by atoms with Crippen LogP contribution in [-0.4, -0.2) is 38.3 Å². The van der Waals surface area contributed by atoms with E-state index in [9.17, 15) is 0 Å². The molecule has 0 fully saturated rings. The molecule has 1 rings (SSSR count). The second-order valence-electron chi connectivity index (χ2n) is 3.98. The van der Waals surface area contributed by atoms with Gasteiger partial charge in [-0.15, -0.1) is 0 Å². The summed E-state index contributed by atoms with van der Waals surface area (Å²) in [5, 5.41) is 0. The first-order valence-corrected chi connectivity index (χ1v) is 6.71. The molecular formula is C13H21BrN2O. The molecule has 0 saturated heterocycles. The summed E-state index contributed by atoms with van der Waals surface area (Å²) in [5.74, 6) is 0. The van der Waals surface area contributed by atoms with E-state index in [4.69, 9.17) is 10.5 Å². The van der Waals surface area contributed by atoms with E-state index in [2.05, 4.69) is 40.0 Å². The van der Waals surface area contributed by atoms with E-state index in [-0.39, 0.29) is 6.04 Å². The van der Waals surface area contributed by atoms with Crippen molar-refractivity contribution < 1.29 is 4.74 Å². The second-order valence-corrected chi connectivity index (χ2v) is 4.90. The number of nitrogens with zero attached hydrogens (tertiary/aromatic N) is 1. The second kappa shape index (κ2) is 7.82. The fraction of sp³-hybridized carbons (Fsp3) is 0.538. The highest BCUT2D eigenvalue weighted by Gasteiger charge is 2.14. The van der Waals surface area contributed by atoms with Gasteiger partial charge in [-0.1, -0.05) is 28.1 Å². The predicted molar refractivity (Wildman–Crippen MR) is 75.1 cm³/mol. The van der Waals surface area contributed by atoms with Gasteiger partial charge in [0.05, 0.1) is 6.61 Å². The van der Waals surface area contributed by atoms with Crippen molar-refractivity contribution in [3.8, 4) is 0 Å². The molecule has 0 saturated carbocycles. The summed E-state index contributed by atoms with van der Waals surface area (Å²) in [6.45, 7) is 5.03. The third-order valence-electron chi connectivity index (χ3n) is 2.80. The molecule has 0 aliphatic carbocycles. The normalized spacial score (nSPS) is 13.0. The maximum atomic E-state index is 5.85. The summed E-state index contributed by atoms with van der Waals surface area (Å²) in [5.41, 5.74) is 7.10. The molecule has 0 spiro atoms. The van der Waals surface area contributed by atoms with Gasteiger partial charge >= 0.3 is 0 Å². The van der Waals surface area contributed by atoms with Crippen molar-refractivity contribution in [2.75, 3.05) is 33.4 Å². The molecule has 0 aliphatic rings. The van der Waals surface area contributed by atoms with E-state index in [1.807, 2.05) is 19.1 Å². The van der Waals surface area contributed by atoms with Crippen molar-refractivity contribution in [2.45, 2.75) is 13.0 Å². The monoisotopic (exact) mass is 300 g/mol. The van der Waals surface area contributed by atoms with Crippen LogP contribution in [-0.2, 0) is 4.74 Å². The Labute approximate surface area is 112 Å². The van der Waals surface area contributed by atoms with Crippen molar-refractivity contribution >= 4 is 15.9 Å². The molecule has 0 aromatic heterocycles. The van der Waals surface area contributed by atoms with Gasteiger partial charge in [0.15, 0.2) is 0 Å². The quantitative estimate of drug-likeness (QED) is 0.786. The molecule has 1 atom stereocenters. The van der Waals surface area contributed by atoms with Crippen molar-refractivity contribution in [1.82, 2.24) is 4.90 Å². The Morgan fingerprint density at radius 2 is 2.00 bits per heavy atom. The summed E-state index contributed by atoms with van der Waals surface area (Å²) >= 11 is 3.44. The van der Waals surface area contributed by atoms with Crippen LogP contribution < -0.4 is 5.73 Å². The first-order valence-electron chi connectivity index (χ1n) is 5.92. The fourth-order valence-corrected chi connectivity index (χ4v) is 2.03. The molecule has 17 heavy (non-hydrogen) atoms. The van der Waals surface area contributed by atoms with Crippen LogP contribution in [0.1, 0.15) is 18.5 Å². The highest BCUT2D eigenvalue weighted by atomic mass is 79.9. The molecule has 0 bridgehead atoms. The molecule has 2 N–H and O–H groups in total. The highest BCUT2D eigenvalue weighted by molar-refractivity contribution is 9.10. The van der Waals surface area contributed by atoms with E-state index < -0.39 is 0 Å². The van der Waals surface area contributed by atoms with Crippen molar-refractivity contribution in [3.63, 3.8) is 0 Å². The number of likely N-dealkylation sites (N-methyl/N-ethyl adjacent to an activating group) is 1. The zero-order valence-electron chi connectivity index (χ0n) is 10.5. The topological polar surface area (TPSA) is 38.5 Å². The van der Waals surface area contributed by atoms with Gasteiger partial charge in [-0.2, -0.15) is 0 Å². The Hall–Kier alpha value is -0.420. The number of hydrogen-bond donors (Lipinski definition) is 1. The number of hydrogen-bond acceptors (Lipinski definition) is 3. The maximum absolute atomic E-state index is 5.85. The standard InChI is InChI=1S/C13H21BrN2O/c1-3-17-9-8-16(2)13(10-15)11-4-6-12(14)7-5-11/h4-7,13H,3,8-10,15H2,1-2H3. The van der Waals surface area contributed by atoms with Crippen molar-refractivity contribution in [2.24, 2.45) is 5.73 Å². The molecule has 1 aromatic rings. The number of nitrogens with two attached hydrogens (primary N) is 1. The van der Waals surface area contributed by atoms with Crippen molar-refractivity contribution in [1.29, 1.82) is 0 Å². The molecule has 1 aromatic carbocycles. The lowest BCUT2D eigenvalue weighted by Gasteiger charge is -2.27. The van der Waals surface area contributed by atoms with Gasteiger partial charge in [0.2, 0.25) is 0 Å². The Morgan fingerprint density at radius 3 is 2.53 bits per heavy atom. The first kappa shape index (κ1) is 14.6. The summed E-state index contributed by atoms with van der Waals surface area (Å²) in [6.07, 6.45) is 0. The molecule has 0 aliphatic heterocycles. The van der Waals surface area contributed by atoms with Gasteiger partial charge in [0.25, 0.3) is 0 Å². The minimum Gasteiger partial charge on any atom is -0.380 e. The van der Waals surface area contributed by atoms with Gasteiger partial charge in [-0.05, 0) is 31.7 Å². The van der Waals surface area contributed by atoms with E-state index in [1.54, 1.807) is 0 Å². The zero-order chi connectivity index (χ0) is 12.7. The van der Waals surface area contributed by atoms with Gasteiger partial charge in [-0.25, -0.2) is 0 Å². The third kappa shape index (κ3) is 4.76. The third-order valence-corrected chi connectivity index (χ3v) is 3.33. The fourth-order valence-electron chi connectivity index (χ4n) is 1.76. The van der Waals surface area contributed by atoms with Crippen molar-refractivity contribution in [3.05, 3.63) is 34.3 Å². The molecule has 0 radical (unpaired) electrons. The molecule has 1 unspecified atom stereocenters. The van der Waals surface area contributed by atoms with Gasteiger partial charge < -0.3 is 10.5 Å². The number of ether oxygens (including phenoxy) is 1. The lowest BCUT2D eigenvalue weighted by atomic mass is 10.1. The van der Waals surface area contributed by atoms with Gasteiger partial charge in [-0.3, -0.25) is 4.90 Å². The Kier molecular flexibility index (Phi) is 6.73. The Bertz CT molecular complexity index is 316. The van der Waals surface area contributed by atoms with Gasteiger partial charge in [0.1, 0.15) is 0 Å². The molecule has 4 heteroatoms. The largest absolute Gasteiger partial charge is 0.380 e.